The lowest BCUT2D eigenvalue weighted by atomic mass is 9.98. The molecular weight excluding hydrogens is 412 g/mol. The maximum atomic E-state index is 2.37. The molecule has 0 aliphatic rings. The average Bonchev–Trinajstić information content (AvgIpc) is 2.86. The van der Waals surface area contributed by atoms with E-state index in [0.717, 1.165) is 26.2 Å². The van der Waals surface area contributed by atoms with E-state index in [-0.39, 0.29) is 0 Å². The zero-order valence-corrected chi connectivity index (χ0v) is 21.8. The Labute approximate surface area is 207 Å². The summed E-state index contributed by atoms with van der Waals surface area (Å²) in [4.78, 5) is 4.74. The Morgan fingerprint density at radius 3 is 1.12 bits per heavy atom. The Morgan fingerprint density at radius 2 is 0.824 bits per heavy atom. The summed E-state index contributed by atoms with van der Waals surface area (Å²) in [5.41, 5.74) is 10.1. The molecule has 0 saturated carbocycles. The van der Waals surface area contributed by atoms with Gasteiger partial charge in [-0.1, -0.05) is 60.7 Å². The monoisotopic (exact) mass is 452 g/mol. The molecule has 0 aliphatic heterocycles. The third kappa shape index (κ3) is 6.41. The molecule has 0 radical (unpaired) electrons. The Kier molecular flexibility index (Phi) is 9.16. The van der Waals surface area contributed by atoms with Crippen LogP contribution in [0.15, 0.2) is 60.7 Å². The van der Waals surface area contributed by atoms with Gasteiger partial charge in [0.1, 0.15) is 0 Å². The predicted octanol–water partition coefficient (Wildman–Crippen LogP) is 8.34. The zero-order chi connectivity index (χ0) is 24.5. The fraction of sp³-hybridized carbons (Fsp3) is 0.312. The maximum Gasteiger partial charge on any atom is 0.0366 e. The maximum absolute atomic E-state index is 2.37. The van der Waals surface area contributed by atoms with Gasteiger partial charge in [-0.2, -0.15) is 0 Å². The number of hydrogen-bond donors (Lipinski definition) is 0. The third-order valence-electron chi connectivity index (χ3n) is 6.61. The van der Waals surface area contributed by atoms with Crippen molar-refractivity contribution in [2.24, 2.45) is 0 Å². The van der Waals surface area contributed by atoms with Crippen LogP contribution >= 0.6 is 0 Å². The molecular formula is C32H40N2. The van der Waals surface area contributed by atoms with Crippen LogP contribution < -0.4 is 9.80 Å². The van der Waals surface area contributed by atoms with Crippen molar-refractivity contribution in [2.45, 2.75) is 41.5 Å². The van der Waals surface area contributed by atoms with Crippen molar-refractivity contribution >= 4 is 35.7 Å². The van der Waals surface area contributed by atoms with Gasteiger partial charge in [0.25, 0.3) is 0 Å². The molecule has 0 unspecified atom stereocenters. The molecule has 0 N–H and O–H groups in total. The van der Waals surface area contributed by atoms with Crippen LogP contribution in [-0.4, -0.2) is 26.2 Å². The Morgan fingerprint density at radius 1 is 0.500 bits per heavy atom. The third-order valence-corrected chi connectivity index (χ3v) is 6.61. The van der Waals surface area contributed by atoms with Gasteiger partial charge in [-0.25, -0.2) is 0 Å². The van der Waals surface area contributed by atoms with Crippen molar-refractivity contribution in [2.75, 3.05) is 36.0 Å². The highest BCUT2D eigenvalue weighted by molar-refractivity contribution is 5.76. The topological polar surface area (TPSA) is 6.48 Å². The highest BCUT2D eigenvalue weighted by Crippen LogP contribution is 2.22. The molecule has 3 aromatic rings. The van der Waals surface area contributed by atoms with Gasteiger partial charge >= 0.3 is 0 Å². The molecule has 0 fully saturated rings. The number of nitrogens with zero attached hydrogens (tertiary/aromatic N) is 2. The van der Waals surface area contributed by atoms with E-state index in [2.05, 4.69) is 136 Å². The first-order chi connectivity index (χ1) is 16.5. The van der Waals surface area contributed by atoms with E-state index in [1.165, 1.54) is 44.8 Å². The van der Waals surface area contributed by atoms with Crippen molar-refractivity contribution in [3.63, 3.8) is 0 Å². The SMILES string of the molecule is CCN(CC)c1ccc(C=Cc2cc(C)c(C=Cc3ccc(N(CC)CC)cc3)cc2C)cc1. The van der Waals surface area contributed by atoms with Crippen LogP contribution in [0.3, 0.4) is 0 Å². The van der Waals surface area contributed by atoms with Crippen LogP contribution in [-0.2, 0) is 0 Å². The number of anilines is 2. The lowest BCUT2D eigenvalue weighted by Crippen LogP contribution is -2.21. The van der Waals surface area contributed by atoms with Gasteiger partial charge in [0.15, 0.2) is 0 Å². The van der Waals surface area contributed by atoms with Gasteiger partial charge in [0, 0.05) is 37.6 Å². The van der Waals surface area contributed by atoms with Crippen LogP contribution in [0.1, 0.15) is 61.1 Å². The summed E-state index contributed by atoms with van der Waals surface area (Å²) in [6.45, 7) is 17.3. The minimum absolute atomic E-state index is 1.03. The summed E-state index contributed by atoms with van der Waals surface area (Å²) >= 11 is 0. The normalized spacial score (nSPS) is 11.5. The summed E-state index contributed by atoms with van der Waals surface area (Å²) in [7, 11) is 0. The average molecular weight is 453 g/mol. The molecule has 0 atom stereocenters. The van der Waals surface area contributed by atoms with Crippen molar-refractivity contribution in [3.8, 4) is 0 Å². The first-order valence-electron chi connectivity index (χ1n) is 12.7. The van der Waals surface area contributed by atoms with Crippen molar-refractivity contribution < 1.29 is 0 Å². The quantitative estimate of drug-likeness (QED) is 0.285. The van der Waals surface area contributed by atoms with Crippen LogP contribution in [0.25, 0.3) is 24.3 Å². The van der Waals surface area contributed by atoms with Crippen LogP contribution in [0.2, 0.25) is 0 Å². The van der Waals surface area contributed by atoms with E-state index < -0.39 is 0 Å². The van der Waals surface area contributed by atoms with Crippen molar-refractivity contribution in [3.05, 3.63) is 94.0 Å². The molecule has 178 valence electrons. The second-order valence-corrected chi connectivity index (χ2v) is 8.76. The molecule has 0 aromatic heterocycles. The van der Waals surface area contributed by atoms with Crippen LogP contribution in [0, 0.1) is 13.8 Å². The summed E-state index contributed by atoms with van der Waals surface area (Å²) < 4.78 is 0. The van der Waals surface area contributed by atoms with E-state index >= 15 is 0 Å². The minimum Gasteiger partial charge on any atom is -0.372 e. The minimum atomic E-state index is 1.03. The van der Waals surface area contributed by atoms with Crippen LogP contribution in [0.5, 0.6) is 0 Å². The molecule has 0 bridgehead atoms. The molecule has 2 heteroatoms. The van der Waals surface area contributed by atoms with Crippen LogP contribution in [0.4, 0.5) is 11.4 Å². The van der Waals surface area contributed by atoms with E-state index in [1.807, 2.05) is 0 Å². The summed E-state index contributed by atoms with van der Waals surface area (Å²) in [5.74, 6) is 0. The Bertz CT molecular complexity index is 1010. The van der Waals surface area contributed by atoms with Gasteiger partial charge < -0.3 is 9.80 Å². The summed E-state index contributed by atoms with van der Waals surface area (Å²) in [5, 5.41) is 0. The van der Waals surface area contributed by atoms with Crippen molar-refractivity contribution in [1.82, 2.24) is 0 Å². The molecule has 2 nitrogen and oxygen atoms in total. The fourth-order valence-corrected chi connectivity index (χ4v) is 4.36. The van der Waals surface area contributed by atoms with Gasteiger partial charge in [0.2, 0.25) is 0 Å². The van der Waals surface area contributed by atoms with Gasteiger partial charge in [-0.15, -0.1) is 0 Å². The first kappa shape index (κ1) is 25.4. The smallest absolute Gasteiger partial charge is 0.0366 e. The van der Waals surface area contributed by atoms with Crippen molar-refractivity contribution in [1.29, 1.82) is 0 Å². The molecule has 0 heterocycles. The highest BCUT2D eigenvalue weighted by Gasteiger charge is 2.03. The van der Waals surface area contributed by atoms with E-state index in [0.29, 0.717) is 0 Å². The molecule has 34 heavy (non-hydrogen) atoms. The Hall–Kier alpha value is -3.26. The predicted molar refractivity (Wildman–Crippen MR) is 154 cm³/mol. The second kappa shape index (κ2) is 12.3. The largest absolute Gasteiger partial charge is 0.372 e. The molecule has 0 spiro atoms. The van der Waals surface area contributed by atoms with E-state index in [4.69, 9.17) is 0 Å². The van der Waals surface area contributed by atoms with Gasteiger partial charge in [-0.05, 0) is 99.2 Å². The summed E-state index contributed by atoms with van der Waals surface area (Å²) in [6.07, 6.45) is 8.88. The Balaban J connectivity index is 1.72. The zero-order valence-electron chi connectivity index (χ0n) is 21.8. The fourth-order valence-electron chi connectivity index (χ4n) is 4.36. The second-order valence-electron chi connectivity index (χ2n) is 8.76. The number of aryl methyl sites for hydroxylation is 2. The van der Waals surface area contributed by atoms with E-state index in [9.17, 15) is 0 Å². The number of benzene rings is 3. The lowest BCUT2D eigenvalue weighted by molar-refractivity contribution is 0.866. The first-order valence-corrected chi connectivity index (χ1v) is 12.7. The van der Waals surface area contributed by atoms with E-state index in [1.54, 1.807) is 0 Å². The standard InChI is InChI=1S/C32H40N2/c1-7-33(8-2)31-19-13-27(14-20-31)11-17-29-23-26(6)30(24-25(29)5)18-12-28-15-21-32(22-16-28)34(9-3)10-4/h11-24H,7-10H2,1-6H3. The molecule has 3 aromatic carbocycles. The summed E-state index contributed by atoms with van der Waals surface area (Å²) in [6, 6.07) is 22.3. The molecule has 0 amide bonds. The van der Waals surface area contributed by atoms with Gasteiger partial charge in [-0.3, -0.25) is 0 Å². The lowest BCUT2D eigenvalue weighted by Gasteiger charge is -2.20. The molecule has 0 aliphatic carbocycles. The molecule has 3 rings (SSSR count). The van der Waals surface area contributed by atoms with Gasteiger partial charge in [0.05, 0.1) is 0 Å². The number of rotatable bonds is 10. The molecule has 0 saturated heterocycles. The highest BCUT2D eigenvalue weighted by atomic mass is 15.1. The number of hydrogen-bond acceptors (Lipinski definition) is 2.